The Kier molecular flexibility index (Phi) is 11.2. The van der Waals surface area contributed by atoms with Crippen LogP contribution in [0.1, 0.15) is 33.1 Å². The fourth-order valence-corrected chi connectivity index (χ4v) is 14.0. The predicted octanol–water partition coefficient (Wildman–Crippen LogP) is 23.8. The number of hydrogen-bond acceptors (Lipinski definition) is 6. The third-order valence-electron chi connectivity index (χ3n) is 18.0. The van der Waals surface area contributed by atoms with Crippen LogP contribution in [0.3, 0.4) is 0 Å². The smallest absolute Gasteiger partial charge is 0.166 e. The Morgan fingerprint density at radius 3 is 0.919 bits per heavy atom. The standard InChI is InChI=1S/C45H28N4.C33H20BrN3.C13H10/c1-3-15-29(16-4-1)43-46-44(30-17-5-2-6-18-30)48-45(47-43)39-27-37-33-21-9-7-19-31(33)32-20-8-10-22-34(32)38(37)28-42(39)49-40-25-13-11-23-35(40)36-24-12-14-26-41(36)49;34-30-20-28-26-18-10-8-16-24(26)23-15-7-9-17-25(23)27(28)19-29(30)33-36-31(21-11-3-1-4-12-21)35-32(37-33)22-13-5-2-6-14-22;1-3-7-12-10(5-1)9-11-6-2-4-8-13(11)12/h1-28H;1-20H;1-8H,9H2/i11D,12D,13D,14D,23D,24D,25D,26D;;1D,2D,3D,4D,5D,6D,7D,8D. The Labute approximate surface area is 602 Å². The van der Waals surface area contributed by atoms with Gasteiger partial charge in [-0.15, -0.1) is 0 Å². The Hall–Kier alpha value is -12.6. The number of fused-ring (bicyclic) bond motifs is 18. The van der Waals surface area contributed by atoms with Crippen LogP contribution in [0.2, 0.25) is 0 Å². The van der Waals surface area contributed by atoms with E-state index in [9.17, 15) is 2.74 Å². The van der Waals surface area contributed by atoms with Crippen LogP contribution in [0.15, 0.2) is 344 Å². The van der Waals surface area contributed by atoms with Gasteiger partial charge in [0.1, 0.15) is 0 Å². The van der Waals surface area contributed by atoms with Crippen molar-refractivity contribution < 1.29 is 21.9 Å². The third kappa shape index (κ3) is 10.7. The van der Waals surface area contributed by atoms with Crippen molar-refractivity contribution in [1.29, 1.82) is 0 Å². The number of aromatic nitrogens is 7. The first-order valence-electron chi connectivity index (χ1n) is 40.0. The lowest BCUT2D eigenvalue weighted by atomic mass is 9.92. The fourth-order valence-electron chi connectivity index (χ4n) is 13.5. The lowest BCUT2D eigenvalue weighted by Gasteiger charge is -2.18. The van der Waals surface area contributed by atoms with Crippen LogP contribution in [0.4, 0.5) is 0 Å². The van der Waals surface area contributed by atoms with Gasteiger partial charge in [0.25, 0.3) is 0 Å². The van der Waals surface area contributed by atoms with Gasteiger partial charge in [-0.1, -0.05) is 319 Å². The van der Waals surface area contributed by atoms with Gasteiger partial charge in [-0.05, 0) is 130 Å². The molecule has 0 saturated carbocycles. The van der Waals surface area contributed by atoms with Crippen molar-refractivity contribution >= 4 is 102 Å². The molecule has 1 aliphatic carbocycles. The number of nitrogens with zero attached hydrogens (tertiary/aromatic N) is 7. The zero-order valence-corrected chi connectivity index (χ0v) is 53.9. The molecule has 1 aliphatic rings. The highest BCUT2D eigenvalue weighted by atomic mass is 79.9. The van der Waals surface area contributed by atoms with Crippen molar-refractivity contribution in [3.63, 3.8) is 0 Å². The first-order chi connectivity index (χ1) is 55.7. The lowest BCUT2D eigenvalue weighted by Crippen LogP contribution is -2.04. The lowest BCUT2D eigenvalue weighted by molar-refractivity contribution is 1.07. The molecule has 3 aromatic heterocycles. The zero-order valence-electron chi connectivity index (χ0n) is 68.3. The molecule has 16 aromatic carbocycles. The number of hydrogen-bond donors (Lipinski definition) is 0. The molecule has 0 saturated heterocycles. The first kappa shape index (κ1) is 44.2. The van der Waals surface area contributed by atoms with E-state index in [0.717, 1.165) is 64.6 Å². The highest BCUT2D eigenvalue weighted by Gasteiger charge is 2.24. The molecule has 0 bridgehead atoms. The van der Waals surface area contributed by atoms with Crippen molar-refractivity contribution in [2.45, 2.75) is 6.42 Å². The average Bonchev–Trinajstić information content (AvgIpc) is 1.56. The topological polar surface area (TPSA) is 82.3 Å². The maximum atomic E-state index is 9.30. The quantitative estimate of drug-likeness (QED) is 0.148. The van der Waals surface area contributed by atoms with Crippen molar-refractivity contribution in [3.05, 3.63) is 355 Å². The maximum absolute atomic E-state index is 9.30. The van der Waals surface area contributed by atoms with Crippen LogP contribution in [0, 0.1) is 0 Å². The summed E-state index contributed by atoms with van der Waals surface area (Å²) in [6.45, 7) is 0. The summed E-state index contributed by atoms with van der Waals surface area (Å²) in [5.74, 6) is 3.01. The molecule has 0 unspecified atom stereocenters. The summed E-state index contributed by atoms with van der Waals surface area (Å²) in [4.78, 5) is 29.8. The van der Waals surface area contributed by atoms with Gasteiger partial charge in [0.2, 0.25) is 0 Å². The number of benzene rings is 16. The molecule has 19 aromatic rings. The number of halogens is 1. The number of rotatable bonds is 7. The monoisotopic (exact) mass is 1340 g/mol. The summed E-state index contributed by atoms with van der Waals surface area (Å²) < 4.78 is 137. The van der Waals surface area contributed by atoms with Crippen molar-refractivity contribution in [1.82, 2.24) is 34.5 Å². The molecule has 8 heteroatoms. The van der Waals surface area contributed by atoms with Gasteiger partial charge in [0.15, 0.2) is 34.9 Å². The summed E-state index contributed by atoms with van der Waals surface area (Å²) >= 11 is 3.87. The van der Waals surface area contributed by atoms with E-state index in [4.69, 9.17) is 49.1 Å². The molecule has 0 amide bonds. The van der Waals surface area contributed by atoms with Gasteiger partial charge in [-0.3, -0.25) is 0 Å². The van der Waals surface area contributed by atoms with Crippen LogP contribution in [0.5, 0.6) is 0 Å². The van der Waals surface area contributed by atoms with Gasteiger partial charge < -0.3 is 4.57 Å². The molecule has 20 rings (SSSR count). The second-order valence-electron chi connectivity index (χ2n) is 23.7. The molecule has 3 heterocycles. The second kappa shape index (κ2) is 25.2. The Bertz CT molecular complexity index is 7090. The summed E-state index contributed by atoms with van der Waals surface area (Å²) in [5, 5.41) is 12.9. The van der Waals surface area contributed by atoms with E-state index >= 15 is 0 Å². The normalized spacial score (nSPS) is 13.9. The van der Waals surface area contributed by atoms with Gasteiger partial charge in [0, 0.05) is 48.6 Å². The molecule has 0 aliphatic heterocycles. The van der Waals surface area contributed by atoms with E-state index in [1.807, 2.05) is 164 Å². The molecule has 0 radical (unpaired) electrons. The summed E-state index contributed by atoms with van der Waals surface area (Å²) in [6, 6.07) is 74.9. The van der Waals surface area contributed by atoms with E-state index in [-0.39, 0.29) is 106 Å². The molecule has 0 atom stereocenters. The van der Waals surface area contributed by atoms with Crippen molar-refractivity contribution in [3.8, 4) is 85.1 Å². The Morgan fingerprint density at radius 2 is 0.535 bits per heavy atom. The van der Waals surface area contributed by atoms with Crippen LogP contribution in [-0.2, 0) is 6.42 Å². The van der Waals surface area contributed by atoms with Gasteiger partial charge in [-0.25, -0.2) is 29.9 Å². The minimum absolute atomic E-state index is 0.00863. The zero-order chi connectivity index (χ0) is 79.7. The second-order valence-corrected chi connectivity index (χ2v) is 24.6. The first-order valence-corrected chi connectivity index (χ1v) is 32.8. The van der Waals surface area contributed by atoms with Crippen LogP contribution >= 0.6 is 15.9 Å². The van der Waals surface area contributed by atoms with Crippen molar-refractivity contribution in [2.75, 3.05) is 0 Å². The van der Waals surface area contributed by atoms with E-state index in [1.165, 1.54) is 32.3 Å². The molecule has 7 nitrogen and oxygen atoms in total. The van der Waals surface area contributed by atoms with Crippen LogP contribution in [-0.4, -0.2) is 34.5 Å². The molecule has 464 valence electrons. The average molecular weight is 1350 g/mol. The minimum Gasteiger partial charge on any atom is -0.308 e. The highest BCUT2D eigenvalue weighted by Crippen LogP contribution is 2.45. The van der Waals surface area contributed by atoms with Crippen LogP contribution < -0.4 is 0 Å². The minimum atomic E-state index is -0.507. The van der Waals surface area contributed by atoms with Gasteiger partial charge in [-0.2, -0.15) is 0 Å². The molecule has 99 heavy (non-hydrogen) atoms. The Morgan fingerprint density at radius 1 is 0.253 bits per heavy atom. The van der Waals surface area contributed by atoms with E-state index < -0.39 is 36.3 Å². The molecule has 0 spiro atoms. The van der Waals surface area contributed by atoms with Crippen molar-refractivity contribution in [2.24, 2.45) is 0 Å². The molecular formula is C91H58BrN7. The van der Waals surface area contributed by atoms with Gasteiger partial charge >= 0.3 is 0 Å². The van der Waals surface area contributed by atoms with Gasteiger partial charge in [0.05, 0.1) is 38.7 Å². The highest BCUT2D eigenvalue weighted by molar-refractivity contribution is 9.10. The maximum Gasteiger partial charge on any atom is 0.166 e. The summed E-state index contributed by atoms with van der Waals surface area (Å²) in [5.41, 5.74) is 6.24. The third-order valence-corrected chi connectivity index (χ3v) is 18.6. The molecular weight excluding hydrogens is 1270 g/mol. The fraction of sp³-hybridized carbons (Fsp3) is 0.0110. The van der Waals surface area contributed by atoms with E-state index in [0.29, 0.717) is 51.5 Å². The SMILES string of the molecule is Brc1cc2c3ccccc3c3ccccc3c2cc1-c1nc(-c2ccccc2)nc(-c2ccccc2)n1.[2H]c1c([2H])c([2H])c2c(c1[2H])Cc1c([2H])c([2H])c([2H])c([2H])c1-2.[2H]c1c([2H])c([2H])c2c(c1[2H])c1c([2H])c([2H])c([2H])c([2H])c1n2-c1cc2c3ccccc3c3ccccc3c2cc1-c1nc(-c2ccccc2)nc(-c2ccccc2)n1. The summed E-state index contributed by atoms with van der Waals surface area (Å²) in [6.07, 6.45) is 0.0956. The molecule has 0 fully saturated rings. The van der Waals surface area contributed by atoms with Crippen LogP contribution in [0.25, 0.3) is 172 Å². The van der Waals surface area contributed by atoms with E-state index in [2.05, 4.69) is 94.8 Å². The number of para-hydroxylation sites is 2. The Balaban J connectivity index is 0.000000134. The molecule has 0 N–H and O–H groups in total. The predicted molar refractivity (Wildman–Crippen MR) is 414 cm³/mol. The largest absolute Gasteiger partial charge is 0.308 e. The summed E-state index contributed by atoms with van der Waals surface area (Å²) in [7, 11) is 0. The van der Waals surface area contributed by atoms with E-state index in [1.54, 1.807) is 4.57 Å².